The Morgan fingerprint density at radius 3 is 2.68 bits per heavy atom. The zero-order chi connectivity index (χ0) is 16.2. The van der Waals surface area contributed by atoms with Crippen LogP contribution in [0.15, 0.2) is 42.9 Å². The molecule has 2 rings (SSSR count). The average Bonchev–Trinajstić information content (AvgIpc) is 2.50. The Kier molecular flexibility index (Phi) is 4.59. The van der Waals surface area contributed by atoms with E-state index in [4.69, 9.17) is 10.00 Å². The summed E-state index contributed by atoms with van der Waals surface area (Å²) in [4.78, 5) is 3.88. The van der Waals surface area contributed by atoms with E-state index in [1.165, 1.54) is 18.6 Å². The molecule has 0 spiro atoms. The van der Waals surface area contributed by atoms with Crippen molar-refractivity contribution in [2.75, 3.05) is 0 Å². The molecule has 0 fully saturated rings. The molecule has 6 heteroatoms. The minimum absolute atomic E-state index is 0.126. The second kappa shape index (κ2) is 6.41. The lowest BCUT2D eigenvalue weighted by Crippen LogP contribution is -2.45. The second-order valence-corrected chi connectivity index (χ2v) is 5.46. The van der Waals surface area contributed by atoms with Crippen LogP contribution in [0.2, 0.25) is 0 Å². The molecule has 114 valence electrons. The first kappa shape index (κ1) is 15.7. The average molecular weight is 299 g/mol. The van der Waals surface area contributed by atoms with E-state index in [0.717, 1.165) is 0 Å². The lowest BCUT2D eigenvalue weighted by molar-refractivity contribution is -0.615. The quantitative estimate of drug-likeness (QED) is 0.664. The van der Waals surface area contributed by atoms with Crippen LogP contribution >= 0.6 is 0 Å². The Hall–Kier alpha value is -2.65. The van der Waals surface area contributed by atoms with E-state index in [1.54, 1.807) is 38.1 Å². The first-order valence-corrected chi connectivity index (χ1v) is 6.81. The van der Waals surface area contributed by atoms with Crippen molar-refractivity contribution in [1.29, 1.82) is 5.26 Å². The molecular weight excluding hydrogens is 282 g/mol. The molecule has 1 atom stereocenters. The van der Waals surface area contributed by atoms with Gasteiger partial charge >= 0.3 is 0 Å². The highest BCUT2D eigenvalue weighted by Crippen LogP contribution is 2.23. The Morgan fingerprint density at radius 1 is 1.41 bits per heavy atom. The highest BCUT2D eigenvalue weighted by molar-refractivity contribution is 5.34. The largest absolute Gasteiger partial charge is 0.618 e. The highest BCUT2D eigenvalue weighted by Gasteiger charge is 2.32. The summed E-state index contributed by atoms with van der Waals surface area (Å²) in [6.07, 6.45) is 3.33. The van der Waals surface area contributed by atoms with E-state index in [9.17, 15) is 10.3 Å². The van der Waals surface area contributed by atoms with Gasteiger partial charge in [0.2, 0.25) is 5.69 Å². The maximum absolute atomic E-state index is 11.6. The van der Waals surface area contributed by atoms with Crippen LogP contribution in [0.1, 0.15) is 25.1 Å². The summed E-state index contributed by atoms with van der Waals surface area (Å²) in [5.41, 5.74) is -0.00301. The van der Waals surface area contributed by atoms with Crippen LogP contribution in [-0.4, -0.2) is 21.8 Å². The molecule has 0 saturated heterocycles. The van der Waals surface area contributed by atoms with E-state index in [2.05, 4.69) is 4.98 Å². The highest BCUT2D eigenvalue weighted by atomic mass is 16.5. The third kappa shape index (κ3) is 3.71. The Balaban J connectivity index is 2.08. The standard InChI is InChI=1S/C16H17N3O3/c1-16(2,22-14-5-3-12(10-17)4-6-14)15(20)9-13-11-18-7-8-19(13)21/h3-8,11,15,20H,9H2,1-2H3. The zero-order valence-corrected chi connectivity index (χ0v) is 12.4. The van der Waals surface area contributed by atoms with Gasteiger partial charge in [-0.2, -0.15) is 9.99 Å². The van der Waals surface area contributed by atoms with E-state index in [1.807, 2.05) is 6.07 Å². The molecule has 0 aliphatic rings. The smallest absolute Gasteiger partial charge is 0.213 e. The van der Waals surface area contributed by atoms with Crippen LogP contribution in [0.25, 0.3) is 0 Å². The molecule has 1 aromatic heterocycles. The molecule has 6 nitrogen and oxygen atoms in total. The van der Waals surface area contributed by atoms with Gasteiger partial charge in [-0.15, -0.1) is 0 Å². The number of aromatic nitrogens is 2. The molecule has 0 radical (unpaired) electrons. The van der Waals surface area contributed by atoms with Gasteiger partial charge in [0, 0.05) is 0 Å². The number of aliphatic hydroxyl groups excluding tert-OH is 1. The van der Waals surface area contributed by atoms with Crippen molar-refractivity contribution in [3.63, 3.8) is 0 Å². The molecule has 1 aromatic carbocycles. The summed E-state index contributed by atoms with van der Waals surface area (Å²) in [6, 6.07) is 8.66. The number of hydrogen-bond donors (Lipinski definition) is 1. The SMILES string of the molecule is CC(C)(Oc1ccc(C#N)cc1)C(O)Cc1cncc[n+]1[O-]. The molecule has 0 amide bonds. The summed E-state index contributed by atoms with van der Waals surface area (Å²) in [5.74, 6) is 0.546. The number of nitriles is 1. The van der Waals surface area contributed by atoms with Crippen LogP contribution in [-0.2, 0) is 6.42 Å². The third-order valence-corrected chi connectivity index (χ3v) is 3.36. The van der Waals surface area contributed by atoms with Crippen molar-refractivity contribution >= 4 is 0 Å². The van der Waals surface area contributed by atoms with E-state index in [-0.39, 0.29) is 6.42 Å². The van der Waals surface area contributed by atoms with Crippen molar-refractivity contribution in [2.45, 2.75) is 32.0 Å². The maximum Gasteiger partial charge on any atom is 0.213 e. The predicted octanol–water partition coefficient (Wildman–Crippen LogP) is 1.35. The summed E-state index contributed by atoms with van der Waals surface area (Å²) in [6.45, 7) is 3.47. The minimum atomic E-state index is -0.906. The predicted molar refractivity (Wildman–Crippen MR) is 78.8 cm³/mol. The zero-order valence-electron chi connectivity index (χ0n) is 12.4. The number of benzene rings is 1. The monoisotopic (exact) mass is 299 g/mol. The van der Waals surface area contributed by atoms with Crippen LogP contribution in [0.3, 0.4) is 0 Å². The van der Waals surface area contributed by atoms with E-state index < -0.39 is 11.7 Å². The summed E-state index contributed by atoms with van der Waals surface area (Å²) in [7, 11) is 0. The lowest BCUT2D eigenvalue weighted by atomic mass is 9.97. The lowest BCUT2D eigenvalue weighted by Gasteiger charge is -2.31. The number of aliphatic hydroxyl groups is 1. The molecule has 1 unspecified atom stereocenters. The number of rotatable bonds is 5. The second-order valence-electron chi connectivity index (χ2n) is 5.46. The van der Waals surface area contributed by atoms with E-state index >= 15 is 0 Å². The van der Waals surface area contributed by atoms with Crippen molar-refractivity contribution in [2.24, 2.45) is 0 Å². The topological polar surface area (TPSA) is 93.1 Å². The van der Waals surface area contributed by atoms with E-state index in [0.29, 0.717) is 21.7 Å². The Labute approximate surface area is 128 Å². The van der Waals surface area contributed by atoms with Crippen LogP contribution in [0.5, 0.6) is 5.75 Å². The summed E-state index contributed by atoms with van der Waals surface area (Å²) >= 11 is 0. The van der Waals surface area contributed by atoms with Gasteiger partial charge in [0.1, 0.15) is 17.5 Å². The van der Waals surface area contributed by atoms with Gasteiger partial charge in [0.25, 0.3) is 0 Å². The molecule has 2 aromatic rings. The number of ether oxygens (including phenoxy) is 1. The minimum Gasteiger partial charge on any atom is -0.618 e. The molecule has 0 aliphatic heterocycles. The van der Waals surface area contributed by atoms with Gasteiger partial charge in [0.05, 0.1) is 30.4 Å². The van der Waals surface area contributed by atoms with Crippen LogP contribution in [0.4, 0.5) is 0 Å². The molecule has 22 heavy (non-hydrogen) atoms. The molecule has 1 heterocycles. The molecule has 0 saturated carbocycles. The number of nitrogens with zero attached hydrogens (tertiary/aromatic N) is 3. The van der Waals surface area contributed by atoms with Crippen molar-refractivity contribution in [3.8, 4) is 11.8 Å². The molecular formula is C16H17N3O3. The Bertz CT molecular complexity index is 678. The molecule has 0 bridgehead atoms. The van der Waals surface area contributed by atoms with Crippen molar-refractivity contribution in [3.05, 3.63) is 59.3 Å². The number of hydrogen-bond acceptors (Lipinski definition) is 5. The van der Waals surface area contributed by atoms with Crippen LogP contribution in [0, 0.1) is 16.5 Å². The van der Waals surface area contributed by atoms with Gasteiger partial charge in [-0.1, -0.05) is 0 Å². The van der Waals surface area contributed by atoms with Crippen LogP contribution < -0.4 is 9.47 Å². The van der Waals surface area contributed by atoms with Crippen molar-refractivity contribution < 1.29 is 14.6 Å². The molecule has 1 N–H and O–H groups in total. The summed E-state index contributed by atoms with van der Waals surface area (Å²) < 4.78 is 6.46. The van der Waals surface area contributed by atoms with Crippen molar-refractivity contribution in [1.82, 2.24) is 4.98 Å². The first-order chi connectivity index (χ1) is 10.4. The fourth-order valence-electron chi connectivity index (χ4n) is 1.94. The normalized spacial score (nSPS) is 12.5. The van der Waals surface area contributed by atoms with Gasteiger partial charge in [0.15, 0.2) is 6.20 Å². The first-order valence-electron chi connectivity index (χ1n) is 6.81. The summed E-state index contributed by atoms with van der Waals surface area (Å²) in [5, 5.41) is 30.7. The van der Waals surface area contributed by atoms with Gasteiger partial charge in [-0.05, 0) is 38.1 Å². The van der Waals surface area contributed by atoms with Gasteiger partial charge in [-0.3, -0.25) is 4.98 Å². The third-order valence-electron chi connectivity index (χ3n) is 3.36. The van der Waals surface area contributed by atoms with Gasteiger partial charge < -0.3 is 15.1 Å². The fraction of sp³-hybridized carbons (Fsp3) is 0.312. The Morgan fingerprint density at radius 2 is 2.09 bits per heavy atom. The fourth-order valence-corrected chi connectivity index (χ4v) is 1.94. The maximum atomic E-state index is 11.6. The van der Waals surface area contributed by atoms with Gasteiger partial charge in [-0.25, -0.2) is 0 Å². The molecule has 0 aliphatic carbocycles.